The van der Waals surface area contributed by atoms with Crippen LogP contribution in [0.5, 0.6) is 0 Å². The van der Waals surface area contributed by atoms with E-state index in [2.05, 4.69) is 118 Å². The number of allylic oxidation sites excluding steroid dienone is 16. The molecule has 0 spiro atoms. The largest absolute Gasteiger partial charge is 0.472 e. The number of phosphoric ester groups is 1. The highest BCUT2D eigenvalue weighted by atomic mass is 31.2. The zero-order valence-corrected chi connectivity index (χ0v) is 44.8. The van der Waals surface area contributed by atoms with Crippen LogP contribution in [-0.2, 0) is 42.2 Å². The molecule has 0 rings (SSSR count). The molecule has 11 nitrogen and oxygen atoms in total. The summed E-state index contributed by atoms with van der Waals surface area (Å²) in [6.07, 6.45) is 59.5. The van der Waals surface area contributed by atoms with Crippen LogP contribution in [0.25, 0.3) is 0 Å². The molecule has 0 saturated carbocycles. The standard InChI is InChI=1S/C58H97O11P/c1-4-7-10-13-16-19-22-24-25-26-27-28-29-31-33-35-38-41-44-47-56(60)65-51-55(69-58(62)49-46-43-40-37-34-30-23-20-17-14-11-8-5-2)53-67-70(63,64)66-52-54(50-59)68-57(61)48-45-42-39-36-32-21-18-15-12-9-6-3/h7-8,10-11,16-17,19-20,24-25,27-28,30-31,33-34,54-55,59H,4-6,9,12-15,18,21-23,26,29,32,35-53H2,1-3H3,(H,63,64)/b10-7-,11-8-,19-16-,20-17-,25-24-,28-27-,33-31-,34-30-. The Morgan fingerprint density at radius 2 is 0.743 bits per heavy atom. The lowest BCUT2D eigenvalue weighted by Gasteiger charge is -2.21. The molecule has 0 radical (unpaired) electrons. The van der Waals surface area contributed by atoms with Gasteiger partial charge in [-0.25, -0.2) is 4.57 Å². The van der Waals surface area contributed by atoms with Gasteiger partial charge >= 0.3 is 25.7 Å². The number of carbonyl (C=O) groups excluding carboxylic acids is 3. The number of phosphoric acid groups is 1. The normalized spacial score (nSPS) is 14.2. The maximum absolute atomic E-state index is 12.9. The Balaban J connectivity index is 4.82. The molecular weight excluding hydrogens is 904 g/mol. The molecule has 3 atom stereocenters. The molecule has 70 heavy (non-hydrogen) atoms. The zero-order chi connectivity index (χ0) is 51.3. The molecule has 0 aromatic rings. The first-order chi connectivity index (χ1) is 34.2. The molecule has 0 bridgehead atoms. The second-order valence-corrected chi connectivity index (χ2v) is 19.1. The van der Waals surface area contributed by atoms with Crippen LogP contribution >= 0.6 is 7.82 Å². The van der Waals surface area contributed by atoms with Gasteiger partial charge in [-0.05, 0) is 96.3 Å². The lowest BCUT2D eigenvalue weighted by Crippen LogP contribution is -2.30. The summed E-state index contributed by atoms with van der Waals surface area (Å²) in [5.41, 5.74) is 0. The van der Waals surface area contributed by atoms with E-state index in [9.17, 15) is 28.9 Å². The zero-order valence-electron chi connectivity index (χ0n) is 43.9. The molecule has 0 aromatic carbocycles. The Labute approximate surface area is 425 Å². The Bertz CT molecular complexity index is 1540. The smallest absolute Gasteiger partial charge is 0.462 e. The van der Waals surface area contributed by atoms with Crippen molar-refractivity contribution in [3.63, 3.8) is 0 Å². The van der Waals surface area contributed by atoms with E-state index >= 15 is 0 Å². The molecular formula is C58H97O11P. The Morgan fingerprint density at radius 1 is 0.414 bits per heavy atom. The summed E-state index contributed by atoms with van der Waals surface area (Å²) >= 11 is 0. The minimum Gasteiger partial charge on any atom is -0.462 e. The average molecular weight is 1000 g/mol. The van der Waals surface area contributed by atoms with Gasteiger partial charge in [-0.3, -0.25) is 23.4 Å². The molecule has 0 aliphatic carbocycles. The number of ether oxygens (including phenoxy) is 3. The molecule has 0 aromatic heterocycles. The summed E-state index contributed by atoms with van der Waals surface area (Å²) in [7, 11) is -4.76. The quantitative estimate of drug-likeness (QED) is 0.0197. The van der Waals surface area contributed by atoms with Crippen molar-refractivity contribution in [1.82, 2.24) is 0 Å². The number of hydrogen-bond donors (Lipinski definition) is 2. The minimum atomic E-state index is -4.76. The van der Waals surface area contributed by atoms with Crippen LogP contribution in [0, 0.1) is 0 Å². The van der Waals surface area contributed by atoms with Crippen molar-refractivity contribution >= 4 is 25.7 Å². The fraction of sp³-hybridized carbons (Fsp3) is 0.672. The number of unbranched alkanes of at least 4 members (excludes halogenated alkanes) is 16. The highest BCUT2D eigenvalue weighted by Gasteiger charge is 2.28. The Kier molecular flexibility index (Phi) is 49.1. The number of carbonyl (C=O) groups is 3. The van der Waals surface area contributed by atoms with Crippen molar-refractivity contribution in [1.29, 1.82) is 0 Å². The van der Waals surface area contributed by atoms with E-state index in [-0.39, 0.29) is 25.9 Å². The molecule has 0 aliphatic rings. The summed E-state index contributed by atoms with van der Waals surface area (Å²) in [6, 6.07) is 0. The van der Waals surface area contributed by atoms with E-state index in [1.165, 1.54) is 44.9 Å². The summed E-state index contributed by atoms with van der Waals surface area (Å²) in [6.45, 7) is 4.32. The van der Waals surface area contributed by atoms with Gasteiger partial charge in [-0.2, -0.15) is 0 Å². The first-order valence-corrected chi connectivity index (χ1v) is 28.6. The summed E-state index contributed by atoms with van der Waals surface area (Å²) in [5.74, 6) is -1.55. The van der Waals surface area contributed by atoms with Crippen LogP contribution in [0.15, 0.2) is 97.2 Å². The van der Waals surface area contributed by atoms with Crippen molar-refractivity contribution in [3.05, 3.63) is 97.2 Å². The second kappa shape index (κ2) is 51.7. The highest BCUT2D eigenvalue weighted by Crippen LogP contribution is 2.43. The van der Waals surface area contributed by atoms with Crippen molar-refractivity contribution < 1.29 is 52.2 Å². The lowest BCUT2D eigenvalue weighted by molar-refractivity contribution is -0.161. The third kappa shape index (κ3) is 49.4. The lowest BCUT2D eigenvalue weighted by atomic mass is 10.1. The SMILES string of the molecule is CC/C=C\C/C=C\C/C=C\C/C=C\C/C=C\CCCCCC(=O)OCC(COP(=O)(O)OCC(CO)OC(=O)CCCCCCCCCCCCC)OC(=O)CCCCC/C=C\C/C=C\C/C=C\CC. The molecule has 12 heteroatoms. The number of rotatable bonds is 49. The summed E-state index contributed by atoms with van der Waals surface area (Å²) in [4.78, 5) is 48.4. The van der Waals surface area contributed by atoms with Gasteiger partial charge in [-0.1, -0.05) is 195 Å². The van der Waals surface area contributed by atoms with Gasteiger partial charge in [0.2, 0.25) is 0 Å². The number of hydrogen-bond acceptors (Lipinski definition) is 10. The number of esters is 3. The van der Waals surface area contributed by atoms with Crippen LogP contribution in [0.3, 0.4) is 0 Å². The van der Waals surface area contributed by atoms with Crippen molar-refractivity contribution in [2.75, 3.05) is 26.4 Å². The van der Waals surface area contributed by atoms with Crippen LogP contribution < -0.4 is 0 Å². The molecule has 0 fully saturated rings. The maximum atomic E-state index is 12.9. The fourth-order valence-electron chi connectivity index (χ4n) is 6.93. The van der Waals surface area contributed by atoms with E-state index in [1.807, 2.05) is 0 Å². The fourth-order valence-corrected chi connectivity index (χ4v) is 7.71. The van der Waals surface area contributed by atoms with Crippen molar-refractivity contribution in [2.24, 2.45) is 0 Å². The van der Waals surface area contributed by atoms with E-state index in [1.54, 1.807) is 0 Å². The van der Waals surface area contributed by atoms with E-state index in [0.717, 1.165) is 109 Å². The van der Waals surface area contributed by atoms with Gasteiger partial charge in [0, 0.05) is 19.3 Å². The highest BCUT2D eigenvalue weighted by molar-refractivity contribution is 7.47. The van der Waals surface area contributed by atoms with E-state index < -0.39 is 57.8 Å². The van der Waals surface area contributed by atoms with Gasteiger partial charge < -0.3 is 24.2 Å². The predicted octanol–water partition coefficient (Wildman–Crippen LogP) is 15.7. The second-order valence-electron chi connectivity index (χ2n) is 17.6. The molecule has 0 amide bonds. The Hall–Kier alpha value is -3.60. The minimum absolute atomic E-state index is 0.121. The molecule has 400 valence electrons. The third-order valence-corrected chi connectivity index (χ3v) is 12.0. The van der Waals surface area contributed by atoms with Crippen molar-refractivity contribution in [2.45, 2.75) is 226 Å². The summed E-state index contributed by atoms with van der Waals surface area (Å²) < 4.78 is 39.3. The molecule has 0 saturated heterocycles. The third-order valence-electron chi connectivity index (χ3n) is 11.0. The van der Waals surface area contributed by atoms with Crippen LogP contribution in [0.4, 0.5) is 0 Å². The predicted molar refractivity (Wildman–Crippen MR) is 288 cm³/mol. The molecule has 0 heterocycles. The number of aliphatic hydroxyl groups is 1. The van der Waals surface area contributed by atoms with E-state index in [4.69, 9.17) is 23.3 Å². The van der Waals surface area contributed by atoms with Gasteiger partial charge in [-0.15, -0.1) is 0 Å². The molecule has 3 unspecified atom stereocenters. The maximum Gasteiger partial charge on any atom is 0.472 e. The summed E-state index contributed by atoms with van der Waals surface area (Å²) in [5, 5.41) is 9.77. The topological polar surface area (TPSA) is 155 Å². The molecule has 2 N–H and O–H groups in total. The Morgan fingerprint density at radius 3 is 1.14 bits per heavy atom. The average Bonchev–Trinajstić information content (AvgIpc) is 3.35. The molecule has 0 aliphatic heterocycles. The first-order valence-electron chi connectivity index (χ1n) is 27.1. The van der Waals surface area contributed by atoms with E-state index in [0.29, 0.717) is 19.3 Å². The van der Waals surface area contributed by atoms with Gasteiger partial charge in [0.05, 0.1) is 19.8 Å². The van der Waals surface area contributed by atoms with Crippen LogP contribution in [-0.4, -0.2) is 66.5 Å². The van der Waals surface area contributed by atoms with Gasteiger partial charge in [0.1, 0.15) is 12.7 Å². The first kappa shape index (κ1) is 66.4. The van der Waals surface area contributed by atoms with Gasteiger partial charge in [0.25, 0.3) is 0 Å². The van der Waals surface area contributed by atoms with Crippen molar-refractivity contribution in [3.8, 4) is 0 Å². The van der Waals surface area contributed by atoms with Crippen LogP contribution in [0.2, 0.25) is 0 Å². The number of aliphatic hydroxyl groups excluding tert-OH is 1. The van der Waals surface area contributed by atoms with Crippen LogP contribution in [0.1, 0.15) is 213 Å². The monoisotopic (exact) mass is 1000 g/mol. The van der Waals surface area contributed by atoms with Gasteiger partial charge in [0.15, 0.2) is 6.10 Å².